The van der Waals surface area contributed by atoms with Crippen LogP contribution in [0.5, 0.6) is 0 Å². The molecule has 7 heteroatoms. The molecule has 3 aromatic heterocycles. The normalized spacial score (nSPS) is 10.9. The van der Waals surface area contributed by atoms with Crippen molar-refractivity contribution in [1.82, 2.24) is 9.38 Å². The minimum atomic E-state index is -0.680. The Morgan fingerprint density at radius 1 is 1.18 bits per heavy atom. The first-order valence-corrected chi connectivity index (χ1v) is 8.52. The standard InChI is InChI=1S/C21H15FN2O4/c1-13-3-2-10-24-19(25)11-16(23-20(13)24)12-27-21(26)18-9-8-17(28-18)14-4-6-15(22)7-5-14/h2-11H,12H2,1H3. The summed E-state index contributed by atoms with van der Waals surface area (Å²) >= 11 is 0. The van der Waals surface area contributed by atoms with Crippen LogP contribution in [0, 0.1) is 12.7 Å². The van der Waals surface area contributed by atoms with E-state index in [4.69, 9.17) is 9.15 Å². The van der Waals surface area contributed by atoms with E-state index < -0.39 is 5.97 Å². The minimum absolute atomic E-state index is 0.00742. The molecule has 0 saturated heterocycles. The summed E-state index contributed by atoms with van der Waals surface area (Å²) in [6, 6.07) is 13.7. The first-order valence-electron chi connectivity index (χ1n) is 8.52. The maximum Gasteiger partial charge on any atom is 0.374 e. The third kappa shape index (κ3) is 3.42. The molecule has 0 amide bonds. The van der Waals surface area contributed by atoms with Crippen molar-refractivity contribution in [3.63, 3.8) is 0 Å². The van der Waals surface area contributed by atoms with Crippen molar-refractivity contribution in [2.24, 2.45) is 0 Å². The van der Waals surface area contributed by atoms with Gasteiger partial charge in [0.05, 0.1) is 5.69 Å². The molecule has 28 heavy (non-hydrogen) atoms. The molecule has 0 aliphatic carbocycles. The molecule has 4 rings (SSSR count). The maximum atomic E-state index is 13.0. The summed E-state index contributed by atoms with van der Waals surface area (Å²) < 4.78 is 25.2. The molecule has 0 atom stereocenters. The molecule has 140 valence electrons. The Bertz CT molecular complexity index is 1230. The third-order valence-corrected chi connectivity index (χ3v) is 4.23. The second-order valence-electron chi connectivity index (χ2n) is 6.22. The average molecular weight is 378 g/mol. The Morgan fingerprint density at radius 2 is 1.96 bits per heavy atom. The SMILES string of the molecule is Cc1cccn2c(=O)cc(COC(=O)c3ccc(-c4ccc(F)cc4)o3)nc12. The molecule has 0 aliphatic rings. The number of hydrogen-bond donors (Lipinski definition) is 0. The highest BCUT2D eigenvalue weighted by Crippen LogP contribution is 2.23. The van der Waals surface area contributed by atoms with Gasteiger partial charge in [-0.2, -0.15) is 0 Å². The van der Waals surface area contributed by atoms with Gasteiger partial charge >= 0.3 is 5.97 Å². The number of esters is 1. The molecule has 0 unspecified atom stereocenters. The predicted octanol–water partition coefficient (Wildman–Crippen LogP) is 3.76. The second-order valence-corrected chi connectivity index (χ2v) is 6.22. The van der Waals surface area contributed by atoms with Gasteiger partial charge in [0.25, 0.3) is 5.56 Å². The molecule has 0 N–H and O–H groups in total. The van der Waals surface area contributed by atoms with E-state index in [1.54, 1.807) is 30.5 Å². The van der Waals surface area contributed by atoms with Gasteiger partial charge in [-0.1, -0.05) is 6.07 Å². The Morgan fingerprint density at radius 3 is 2.75 bits per heavy atom. The van der Waals surface area contributed by atoms with Gasteiger partial charge in [-0.05, 0) is 55.0 Å². The summed E-state index contributed by atoms with van der Waals surface area (Å²) in [5.41, 5.74) is 2.08. The molecular formula is C21H15FN2O4. The van der Waals surface area contributed by atoms with Crippen LogP contribution < -0.4 is 5.56 Å². The highest BCUT2D eigenvalue weighted by Gasteiger charge is 2.15. The highest BCUT2D eigenvalue weighted by molar-refractivity contribution is 5.87. The lowest BCUT2D eigenvalue weighted by Crippen LogP contribution is -2.17. The van der Waals surface area contributed by atoms with Crippen LogP contribution >= 0.6 is 0 Å². The lowest BCUT2D eigenvalue weighted by Gasteiger charge is -2.06. The number of carbonyl (C=O) groups excluding carboxylic acids is 1. The molecule has 0 spiro atoms. The number of halogens is 1. The van der Waals surface area contributed by atoms with Crippen molar-refractivity contribution in [1.29, 1.82) is 0 Å². The van der Waals surface area contributed by atoms with E-state index in [-0.39, 0.29) is 23.7 Å². The van der Waals surface area contributed by atoms with E-state index in [1.807, 2.05) is 13.0 Å². The summed E-state index contributed by atoms with van der Waals surface area (Å²) in [5.74, 6) is -0.609. The fourth-order valence-corrected chi connectivity index (χ4v) is 2.81. The minimum Gasteiger partial charge on any atom is -0.453 e. The van der Waals surface area contributed by atoms with Gasteiger partial charge in [0, 0.05) is 17.8 Å². The number of furan rings is 1. The number of hydrogen-bond acceptors (Lipinski definition) is 5. The van der Waals surface area contributed by atoms with Crippen LogP contribution in [0.15, 0.2) is 70.0 Å². The zero-order chi connectivity index (χ0) is 19.7. The zero-order valence-electron chi connectivity index (χ0n) is 14.9. The van der Waals surface area contributed by atoms with Gasteiger partial charge in [-0.15, -0.1) is 0 Å². The number of ether oxygens (including phenoxy) is 1. The van der Waals surface area contributed by atoms with Crippen molar-refractivity contribution >= 4 is 11.6 Å². The summed E-state index contributed by atoms with van der Waals surface area (Å²) in [4.78, 5) is 28.8. The van der Waals surface area contributed by atoms with E-state index in [9.17, 15) is 14.0 Å². The van der Waals surface area contributed by atoms with Crippen molar-refractivity contribution in [2.75, 3.05) is 0 Å². The number of nitrogens with zero attached hydrogens (tertiary/aromatic N) is 2. The molecule has 0 saturated carbocycles. The number of pyridine rings is 1. The number of carbonyl (C=O) groups is 1. The van der Waals surface area contributed by atoms with Gasteiger partial charge in [0.2, 0.25) is 5.76 Å². The molecule has 0 radical (unpaired) electrons. The largest absolute Gasteiger partial charge is 0.453 e. The zero-order valence-corrected chi connectivity index (χ0v) is 14.9. The summed E-state index contributed by atoms with van der Waals surface area (Å²) in [6.07, 6.45) is 1.63. The second kappa shape index (κ2) is 7.11. The number of aryl methyl sites for hydroxylation is 1. The van der Waals surface area contributed by atoms with Crippen molar-refractivity contribution < 1.29 is 18.3 Å². The molecule has 0 fully saturated rings. The van der Waals surface area contributed by atoms with Crippen molar-refractivity contribution in [2.45, 2.75) is 13.5 Å². The molecule has 6 nitrogen and oxygen atoms in total. The van der Waals surface area contributed by atoms with E-state index in [1.165, 1.54) is 28.7 Å². The van der Waals surface area contributed by atoms with Crippen LogP contribution in [-0.4, -0.2) is 15.4 Å². The van der Waals surface area contributed by atoms with E-state index >= 15 is 0 Å². The number of aromatic nitrogens is 2. The summed E-state index contributed by atoms with van der Waals surface area (Å²) in [5, 5.41) is 0. The number of benzene rings is 1. The van der Waals surface area contributed by atoms with E-state index in [0.29, 0.717) is 22.7 Å². The van der Waals surface area contributed by atoms with Crippen LogP contribution in [0.2, 0.25) is 0 Å². The molecular weight excluding hydrogens is 363 g/mol. The van der Waals surface area contributed by atoms with Gasteiger partial charge in [0.1, 0.15) is 23.8 Å². The molecule has 0 bridgehead atoms. The van der Waals surface area contributed by atoms with Crippen LogP contribution in [0.1, 0.15) is 21.8 Å². The molecule has 4 aromatic rings. The topological polar surface area (TPSA) is 73.8 Å². The Balaban J connectivity index is 1.51. The molecule has 3 heterocycles. The maximum absolute atomic E-state index is 13.0. The Kier molecular flexibility index (Phi) is 4.49. The van der Waals surface area contributed by atoms with Gasteiger partial charge < -0.3 is 9.15 Å². The fraction of sp³-hybridized carbons (Fsp3) is 0.0952. The van der Waals surface area contributed by atoms with Crippen LogP contribution in [0.25, 0.3) is 17.0 Å². The van der Waals surface area contributed by atoms with Crippen LogP contribution in [0.4, 0.5) is 4.39 Å². The van der Waals surface area contributed by atoms with Crippen molar-refractivity contribution in [3.8, 4) is 11.3 Å². The highest BCUT2D eigenvalue weighted by atomic mass is 19.1. The third-order valence-electron chi connectivity index (χ3n) is 4.23. The van der Waals surface area contributed by atoms with Gasteiger partial charge in [-0.25, -0.2) is 14.2 Å². The first kappa shape index (κ1) is 17.7. The van der Waals surface area contributed by atoms with Crippen molar-refractivity contribution in [3.05, 3.63) is 94.0 Å². The lowest BCUT2D eigenvalue weighted by atomic mass is 10.2. The number of rotatable bonds is 4. The fourth-order valence-electron chi connectivity index (χ4n) is 2.81. The van der Waals surface area contributed by atoms with Gasteiger partial charge in [0.15, 0.2) is 0 Å². The quantitative estimate of drug-likeness (QED) is 0.506. The Hall–Kier alpha value is -3.74. The van der Waals surface area contributed by atoms with E-state index in [2.05, 4.69) is 4.98 Å². The average Bonchev–Trinajstić information content (AvgIpc) is 3.18. The first-order chi connectivity index (χ1) is 13.5. The Labute approximate surface area is 158 Å². The molecule has 0 aliphatic heterocycles. The van der Waals surface area contributed by atoms with Gasteiger partial charge in [-0.3, -0.25) is 9.20 Å². The summed E-state index contributed by atoms with van der Waals surface area (Å²) in [7, 11) is 0. The van der Waals surface area contributed by atoms with E-state index in [0.717, 1.165) is 5.56 Å². The predicted molar refractivity (Wildman–Crippen MR) is 99.4 cm³/mol. The van der Waals surface area contributed by atoms with Crippen LogP contribution in [0.3, 0.4) is 0 Å². The number of fused-ring (bicyclic) bond motifs is 1. The smallest absolute Gasteiger partial charge is 0.374 e. The molecule has 1 aromatic carbocycles. The summed E-state index contributed by atoms with van der Waals surface area (Å²) in [6.45, 7) is 1.68. The van der Waals surface area contributed by atoms with Crippen LogP contribution in [-0.2, 0) is 11.3 Å². The lowest BCUT2D eigenvalue weighted by molar-refractivity contribution is 0.0432. The monoisotopic (exact) mass is 378 g/mol.